The van der Waals surface area contributed by atoms with Crippen LogP contribution < -0.4 is 0 Å². The molecule has 2 aromatic rings. The summed E-state index contributed by atoms with van der Waals surface area (Å²) in [5.41, 5.74) is 0.323. The zero-order chi connectivity index (χ0) is 13.3. The Balaban J connectivity index is 2.49. The Morgan fingerprint density at radius 1 is 1.22 bits per heavy atom. The standard InChI is InChI=1S/C13H11F3OS/c1-2-7-3-4-18-13(7)12(17)11-9(15)5-8(14)6-10(11)16/h3-6,12,17H,2H2,1H3. The number of rotatable bonds is 3. The van der Waals surface area contributed by atoms with E-state index in [0.717, 1.165) is 5.56 Å². The normalized spacial score (nSPS) is 12.7. The average Bonchev–Trinajstić information content (AvgIpc) is 2.75. The number of hydrogen-bond acceptors (Lipinski definition) is 2. The summed E-state index contributed by atoms with van der Waals surface area (Å²) in [5.74, 6) is -3.14. The molecule has 0 radical (unpaired) electrons. The zero-order valence-corrected chi connectivity index (χ0v) is 10.4. The number of thiophene rings is 1. The molecule has 0 amide bonds. The van der Waals surface area contributed by atoms with Crippen LogP contribution in [0.1, 0.15) is 29.0 Å². The van der Waals surface area contributed by atoms with E-state index in [1.165, 1.54) is 11.3 Å². The molecule has 1 aromatic carbocycles. The fourth-order valence-corrected chi connectivity index (χ4v) is 2.81. The van der Waals surface area contributed by atoms with Gasteiger partial charge in [-0.2, -0.15) is 0 Å². The van der Waals surface area contributed by atoms with Crippen molar-refractivity contribution in [3.05, 3.63) is 57.0 Å². The molecule has 5 heteroatoms. The van der Waals surface area contributed by atoms with Crippen LogP contribution in [-0.4, -0.2) is 5.11 Å². The summed E-state index contributed by atoms with van der Waals surface area (Å²) in [6, 6.07) is 2.93. The summed E-state index contributed by atoms with van der Waals surface area (Å²) in [4.78, 5) is 0.488. The highest BCUT2D eigenvalue weighted by Crippen LogP contribution is 2.33. The van der Waals surface area contributed by atoms with Crippen LogP contribution in [-0.2, 0) is 6.42 Å². The van der Waals surface area contributed by atoms with Crippen molar-refractivity contribution < 1.29 is 18.3 Å². The third-order valence-corrected chi connectivity index (χ3v) is 3.74. The number of halogens is 3. The van der Waals surface area contributed by atoms with Crippen LogP contribution in [0.25, 0.3) is 0 Å². The minimum atomic E-state index is -1.40. The van der Waals surface area contributed by atoms with E-state index in [4.69, 9.17) is 0 Å². The van der Waals surface area contributed by atoms with E-state index >= 15 is 0 Å². The molecule has 0 aliphatic carbocycles. The van der Waals surface area contributed by atoms with Gasteiger partial charge in [-0.05, 0) is 23.4 Å². The van der Waals surface area contributed by atoms with Gasteiger partial charge in [-0.3, -0.25) is 0 Å². The summed E-state index contributed by atoms with van der Waals surface area (Å²) in [6.07, 6.45) is -0.749. The van der Waals surface area contributed by atoms with Crippen molar-refractivity contribution in [3.63, 3.8) is 0 Å². The molecule has 0 saturated carbocycles. The number of aryl methyl sites for hydroxylation is 1. The average molecular weight is 272 g/mol. The third kappa shape index (κ3) is 2.28. The lowest BCUT2D eigenvalue weighted by molar-refractivity contribution is 0.211. The van der Waals surface area contributed by atoms with Crippen molar-refractivity contribution >= 4 is 11.3 Å². The lowest BCUT2D eigenvalue weighted by Crippen LogP contribution is -2.06. The molecule has 0 spiro atoms. The van der Waals surface area contributed by atoms with E-state index in [-0.39, 0.29) is 0 Å². The Bertz CT molecular complexity index is 542. The van der Waals surface area contributed by atoms with Crippen LogP contribution >= 0.6 is 11.3 Å². The molecular formula is C13H11F3OS. The third-order valence-electron chi connectivity index (χ3n) is 2.73. The largest absolute Gasteiger partial charge is 0.383 e. The Labute approximate surface area is 107 Å². The number of benzene rings is 1. The second-order valence-electron chi connectivity index (χ2n) is 3.85. The van der Waals surface area contributed by atoms with E-state index in [0.29, 0.717) is 23.4 Å². The fraction of sp³-hybridized carbons (Fsp3) is 0.231. The van der Waals surface area contributed by atoms with Crippen molar-refractivity contribution in [1.82, 2.24) is 0 Å². The molecule has 1 nitrogen and oxygen atoms in total. The maximum Gasteiger partial charge on any atom is 0.135 e. The quantitative estimate of drug-likeness (QED) is 0.900. The highest BCUT2D eigenvalue weighted by atomic mass is 32.1. The van der Waals surface area contributed by atoms with Crippen LogP contribution in [0.5, 0.6) is 0 Å². The van der Waals surface area contributed by atoms with E-state index in [9.17, 15) is 18.3 Å². The van der Waals surface area contributed by atoms with Gasteiger partial charge in [0.25, 0.3) is 0 Å². The Morgan fingerprint density at radius 2 is 1.83 bits per heavy atom. The first-order valence-electron chi connectivity index (χ1n) is 5.43. The molecule has 0 fully saturated rings. The van der Waals surface area contributed by atoms with Crippen LogP contribution in [0.15, 0.2) is 23.6 Å². The maximum absolute atomic E-state index is 13.6. The van der Waals surface area contributed by atoms with Gasteiger partial charge in [-0.25, -0.2) is 13.2 Å². The smallest absolute Gasteiger partial charge is 0.135 e. The summed E-state index contributed by atoms with van der Waals surface area (Å²) in [7, 11) is 0. The summed E-state index contributed by atoms with van der Waals surface area (Å²) >= 11 is 1.22. The molecule has 96 valence electrons. The maximum atomic E-state index is 13.6. The lowest BCUT2D eigenvalue weighted by Gasteiger charge is -2.13. The summed E-state index contributed by atoms with van der Waals surface area (Å²) in [6.45, 7) is 1.88. The highest BCUT2D eigenvalue weighted by molar-refractivity contribution is 7.10. The Kier molecular flexibility index (Phi) is 3.73. The first kappa shape index (κ1) is 13.1. The monoisotopic (exact) mass is 272 g/mol. The molecule has 1 unspecified atom stereocenters. The first-order chi connectivity index (χ1) is 8.54. The van der Waals surface area contributed by atoms with E-state index in [1.807, 2.05) is 6.92 Å². The predicted octanol–water partition coefficient (Wildman–Crippen LogP) is 3.81. The van der Waals surface area contributed by atoms with Crippen molar-refractivity contribution in [2.45, 2.75) is 19.4 Å². The molecule has 1 atom stereocenters. The van der Waals surface area contributed by atoms with Gasteiger partial charge < -0.3 is 5.11 Å². The molecular weight excluding hydrogens is 261 g/mol. The molecule has 18 heavy (non-hydrogen) atoms. The van der Waals surface area contributed by atoms with Gasteiger partial charge in [0.1, 0.15) is 23.6 Å². The van der Waals surface area contributed by atoms with Crippen molar-refractivity contribution in [2.24, 2.45) is 0 Å². The number of aliphatic hydroxyl groups excluding tert-OH is 1. The van der Waals surface area contributed by atoms with Crippen LogP contribution in [0.3, 0.4) is 0 Å². The molecule has 0 saturated heterocycles. The van der Waals surface area contributed by atoms with Crippen LogP contribution in [0.4, 0.5) is 13.2 Å². The second kappa shape index (κ2) is 5.12. The Morgan fingerprint density at radius 3 is 2.39 bits per heavy atom. The zero-order valence-electron chi connectivity index (χ0n) is 9.58. The molecule has 1 heterocycles. The van der Waals surface area contributed by atoms with Crippen LogP contribution in [0.2, 0.25) is 0 Å². The number of aliphatic hydroxyl groups is 1. The van der Waals surface area contributed by atoms with Gasteiger partial charge >= 0.3 is 0 Å². The topological polar surface area (TPSA) is 20.2 Å². The highest BCUT2D eigenvalue weighted by Gasteiger charge is 2.23. The van der Waals surface area contributed by atoms with E-state index in [1.54, 1.807) is 11.4 Å². The first-order valence-corrected chi connectivity index (χ1v) is 6.31. The van der Waals surface area contributed by atoms with Crippen molar-refractivity contribution in [3.8, 4) is 0 Å². The lowest BCUT2D eigenvalue weighted by atomic mass is 10.0. The van der Waals surface area contributed by atoms with Crippen LogP contribution in [0, 0.1) is 17.5 Å². The molecule has 0 bridgehead atoms. The molecule has 1 N–H and O–H groups in total. The van der Waals surface area contributed by atoms with Crippen molar-refractivity contribution in [2.75, 3.05) is 0 Å². The molecule has 2 rings (SSSR count). The fourth-order valence-electron chi connectivity index (χ4n) is 1.83. The predicted molar refractivity (Wildman–Crippen MR) is 64.1 cm³/mol. The second-order valence-corrected chi connectivity index (χ2v) is 4.80. The molecule has 1 aromatic heterocycles. The molecule has 0 aliphatic rings. The van der Waals surface area contributed by atoms with Gasteiger partial charge in [0.05, 0.1) is 5.56 Å². The minimum absolute atomic E-state index is 0.488. The van der Waals surface area contributed by atoms with Gasteiger partial charge in [-0.15, -0.1) is 11.3 Å². The minimum Gasteiger partial charge on any atom is -0.383 e. The SMILES string of the molecule is CCc1ccsc1C(O)c1c(F)cc(F)cc1F. The van der Waals surface area contributed by atoms with E-state index in [2.05, 4.69) is 0 Å². The van der Waals surface area contributed by atoms with Crippen molar-refractivity contribution in [1.29, 1.82) is 0 Å². The van der Waals surface area contributed by atoms with Gasteiger partial charge in [0.2, 0.25) is 0 Å². The summed E-state index contributed by atoms with van der Waals surface area (Å²) in [5, 5.41) is 11.8. The summed E-state index contributed by atoms with van der Waals surface area (Å²) < 4.78 is 39.9. The Hall–Kier alpha value is -1.33. The van der Waals surface area contributed by atoms with Gasteiger partial charge in [0.15, 0.2) is 0 Å². The molecule has 0 aliphatic heterocycles. The van der Waals surface area contributed by atoms with E-state index < -0.39 is 29.1 Å². The van der Waals surface area contributed by atoms with Gasteiger partial charge in [-0.1, -0.05) is 6.92 Å². The number of hydrogen-bond donors (Lipinski definition) is 1. The van der Waals surface area contributed by atoms with Gasteiger partial charge in [0, 0.05) is 17.0 Å².